The van der Waals surface area contributed by atoms with E-state index in [0.717, 1.165) is 43.5 Å². The van der Waals surface area contributed by atoms with Gasteiger partial charge in [0.2, 0.25) is 0 Å². The topological polar surface area (TPSA) is 61.3 Å². The normalized spacial score (nSPS) is 23.4. The molecule has 1 aliphatic carbocycles. The molecule has 5 heteroatoms. The third-order valence-corrected chi connectivity index (χ3v) is 4.33. The summed E-state index contributed by atoms with van der Waals surface area (Å²) in [4.78, 5) is 10.8. The SMILES string of the molecule is OCC1CCCN1c1cc(NCC2CCC2)ncn1. The largest absolute Gasteiger partial charge is 0.394 e. The van der Waals surface area contributed by atoms with Crippen molar-refractivity contribution in [3.63, 3.8) is 0 Å². The molecule has 1 aliphatic heterocycles. The number of nitrogens with one attached hydrogen (secondary N) is 1. The van der Waals surface area contributed by atoms with Crippen LogP contribution in [0.15, 0.2) is 12.4 Å². The summed E-state index contributed by atoms with van der Waals surface area (Å²) in [5.41, 5.74) is 0. The van der Waals surface area contributed by atoms with Crippen LogP contribution in [-0.2, 0) is 0 Å². The summed E-state index contributed by atoms with van der Waals surface area (Å²) >= 11 is 0. The average molecular weight is 262 g/mol. The fourth-order valence-electron chi connectivity index (χ4n) is 2.87. The number of hydrogen-bond acceptors (Lipinski definition) is 5. The van der Waals surface area contributed by atoms with Crippen molar-refractivity contribution in [3.05, 3.63) is 12.4 Å². The van der Waals surface area contributed by atoms with E-state index in [1.807, 2.05) is 6.07 Å². The Morgan fingerprint density at radius 1 is 1.26 bits per heavy atom. The number of rotatable bonds is 5. The maximum Gasteiger partial charge on any atom is 0.134 e. The molecule has 0 bridgehead atoms. The van der Waals surface area contributed by atoms with Crippen LogP contribution in [0.5, 0.6) is 0 Å². The highest BCUT2D eigenvalue weighted by atomic mass is 16.3. The highest BCUT2D eigenvalue weighted by Crippen LogP contribution is 2.27. The summed E-state index contributed by atoms with van der Waals surface area (Å²) in [7, 11) is 0. The van der Waals surface area contributed by atoms with E-state index in [1.54, 1.807) is 6.33 Å². The van der Waals surface area contributed by atoms with E-state index in [0.29, 0.717) is 0 Å². The number of aliphatic hydroxyl groups is 1. The molecule has 1 saturated heterocycles. The van der Waals surface area contributed by atoms with Crippen LogP contribution < -0.4 is 10.2 Å². The second-order valence-electron chi connectivity index (χ2n) is 5.61. The monoisotopic (exact) mass is 262 g/mol. The minimum atomic E-state index is 0.203. The van der Waals surface area contributed by atoms with Gasteiger partial charge in [-0.15, -0.1) is 0 Å². The molecule has 104 valence electrons. The molecule has 1 saturated carbocycles. The molecule has 1 unspecified atom stereocenters. The molecule has 0 amide bonds. The van der Waals surface area contributed by atoms with Gasteiger partial charge in [0.1, 0.15) is 18.0 Å². The third-order valence-electron chi connectivity index (χ3n) is 4.33. The van der Waals surface area contributed by atoms with Crippen molar-refractivity contribution in [2.24, 2.45) is 5.92 Å². The zero-order valence-corrected chi connectivity index (χ0v) is 11.3. The van der Waals surface area contributed by atoms with E-state index in [4.69, 9.17) is 0 Å². The highest BCUT2D eigenvalue weighted by Gasteiger charge is 2.25. The Bertz CT molecular complexity index is 422. The van der Waals surface area contributed by atoms with E-state index in [9.17, 15) is 5.11 Å². The molecule has 1 aromatic heterocycles. The van der Waals surface area contributed by atoms with E-state index in [2.05, 4.69) is 20.2 Å². The Hall–Kier alpha value is -1.36. The Labute approximate surface area is 114 Å². The number of anilines is 2. The van der Waals surface area contributed by atoms with Crippen LogP contribution in [0.3, 0.4) is 0 Å². The first-order valence-corrected chi connectivity index (χ1v) is 7.30. The molecule has 0 spiro atoms. The van der Waals surface area contributed by atoms with Crippen molar-refractivity contribution in [2.75, 3.05) is 29.9 Å². The Balaban J connectivity index is 1.64. The minimum absolute atomic E-state index is 0.203. The molecule has 2 heterocycles. The highest BCUT2D eigenvalue weighted by molar-refractivity contribution is 5.49. The quantitative estimate of drug-likeness (QED) is 0.845. The maximum absolute atomic E-state index is 9.38. The maximum atomic E-state index is 9.38. The summed E-state index contributed by atoms with van der Waals surface area (Å²) in [6.07, 6.45) is 7.83. The summed E-state index contributed by atoms with van der Waals surface area (Å²) in [6, 6.07) is 2.22. The lowest BCUT2D eigenvalue weighted by Crippen LogP contribution is -2.32. The summed E-state index contributed by atoms with van der Waals surface area (Å²) < 4.78 is 0. The standard InChI is InChI=1S/C14H22N4O/c19-9-12-5-2-6-18(12)14-7-13(16-10-17-14)15-8-11-3-1-4-11/h7,10-12,19H,1-6,8-9H2,(H,15,16,17). The van der Waals surface area contributed by atoms with E-state index in [-0.39, 0.29) is 12.6 Å². The predicted molar refractivity (Wildman–Crippen MR) is 75.3 cm³/mol. The molecule has 3 rings (SSSR count). The second kappa shape index (κ2) is 5.74. The minimum Gasteiger partial charge on any atom is -0.394 e. The fourth-order valence-corrected chi connectivity index (χ4v) is 2.87. The first kappa shape index (κ1) is 12.7. The van der Waals surface area contributed by atoms with Crippen molar-refractivity contribution in [3.8, 4) is 0 Å². The van der Waals surface area contributed by atoms with Gasteiger partial charge in [0.05, 0.1) is 12.6 Å². The molecule has 19 heavy (non-hydrogen) atoms. The first-order chi connectivity index (χ1) is 9.36. The molecular formula is C14H22N4O. The predicted octanol–water partition coefficient (Wildman–Crippen LogP) is 1.65. The van der Waals surface area contributed by atoms with Gasteiger partial charge in [-0.2, -0.15) is 0 Å². The number of aliphatic hydroxyl groups excluding tert-OH is 1. The summed E-state index contributed by atoms with van der Waals surface area (Å²) in [5.74, 6) is 2.65. The van der Waals surface area contributed by atoms with Gasteiger partial charge in [-0.1, -0.05) is 6.42 Å². The van der Waals surface area contributed by atoms with Crippen LogP contribution in [0.2, 0.25) is 0 Å². The Kier molecular flexibility index (Phi) is 3.82. The second-order valence-corrected chi connectivity index (χ2v) is 5.61. The fraction of sp³-hybridized carbons (Fsp3) is 0.714. The van der Waals surface area contributed by atoms with Crippen LogP contribution >= 0.6 is 0 Å². The number of aromatic nitrogens is 2. The van der Waals surface area contributed by atoms with Crippen LogP contribution in [0.25, 0.3) is 0 Å². The van der Waals surface area contributed by atoms with Gasteiger partial charge in [0.15, 0.2) is 0 Å². The van der Waals surface area contributed by atoms with Gasteiger partial charge < -0.3 is 15.3 Å². The summed E-state index contributed by atoms with van der Waals surface area (Å²) in [5, 5.41) is 12.8. The van der Waals surface area contributed by atoms with Crippen molar-refractivity contribution < 1.29 is 5.11 Å². The smallest absolute Gasteiger partial charge is 0.134 e. The molecule has 1 aromatic rings. The zero-order valence-electron chi connectivity index (χ0n) is 11.3. The van der Waals surface area contributed by atoms with E-state index < -0.39 is 0 Å². The first-order valence-electron chi connectivity index (χ1n) is 7.30. The van der Waals surface area contributed by atoms with Crippen molar-refractivity contribution in [1.29, 1.82) is 0 Å². The molecule has 2 N–H and O–H groups in total. The van der Waals surface area contributed by atoms with Crippen LogP contribution in [-0.4, -0.2) is 40.8 Å². The molecular weight excluding hydrogens is 240 g/mol. The average Bonchev–Trinajstić information content (AvgIpc) is 2.85. The van der Waals surface area contributed by atoms with E-state index >= 15 is 0 Å². The van der Waals surface area contributed by atoms with Crippen LogP contribution in [0.1, 0.15) is 32.1 Å². The van der Waals surface area contributed by atoms with Crippen molar-refractivity contribution >= 4 is 11.6 Å². The van der Waals surface area contributed by atoms with Crippen molar-refractivity contribution in [2.45, 2.75) is 38.1 Å². The van der Waals surface area contributed by atoms with Gasteiger partial charge in [0.25, 0.3) is 0 Å². The van der Waals surface area contributed by atoms with Gasteiger partial charge in [0, 0.05) is 19.2 Å². The van der Waals surface area contributed by atoms with Gasteiger partial charge in [-0.05, 0) is 31.6 Å². The lowest BCUT2D eigenvalue weighted by atomic mass is 9.85. The number of nitrogens with zero attached hydrogens (tertiary/aromatic N) is 3. The summed E-state index contributed by atoms with van der Waals surface area (Å²) in [6.45, 7) is 2.19. The van der Waals surface area contributed by atoms with Gasteiger partial charge in [-0.3, -0.25) is 0 Å². The molecule has 5 nitrogen and oxygen atoms in total. The molecule has 2 fully saturated rings. The third kappa shape index (κ3) is 2.81. The van der Waals surface area contributed by atoms with Crippen LogP contribution in [0, 0.1) is 5.92 Å². The van der Waals surface area contributed by atoms with Gasteiger partial charge >= 0.3 is 0 Å². The van der Waals surface area contributed by atoms with Crippen molar-refractivity contribution in [1.82, 2.24) is 9.97 Å². The molecule has 0 aromatic carbocycles. The zero-order chi connectivity index (χ0) is 13.1. The lowest BCUT2D eigenvalue weighted by Gasteiger charge is -2.26. The molecule has 2 aliphatic rings. The molecule has 1 atom stereocenters. The lowest BCUT2D eigenvalue weighted by molar-refractivity contribution is 0.266. The van der Waals surface area contributed by atoms with E-state index in [1.165, 1.54) is 19.3 Å². The molecule has 0 radical (unpaired) electrons. The Morgan fingerprint density at radius 2 is 2.16 bits per heavy atom. The number of hydrogen-bond donors (Lipinski definition) is 2. The van der Waals surface area contributed by atoms with Gasteiger partial charge in [-0.25, -0.2) is 9.97 Å². The van der Waals surface area contributed by atoms with Crippen LogP contribution in [0.4, 0.5) is 11.6 Å². The Morgan fingerprint density at radius 3 is 2.89 bits per heavy atom.